The molecule has 2 amide bonds. The van der Waals surface area contributed by atoms with Crippen molar-refractivity contribution in [2.45, 2.75) is 26.0 Å². The molecule has 2 N–H and O–H groups in total. The van der Waals surface area contributed by atoms with Gasteiger partial charge in [-0.1, -0.05) is 29.8 Å². The minimum Gasteiger partial charge on any atom is -0.477 e. The lowest BCUT2D eigenvalue weighted by Gasteiger charge is -2.35. The highest BCUT2D eigenvalue weighted by atomic mass is 32.1. The van der Waals surface area contributed by atoms with E-state index < -0.39 is 6.10 Å². The van der Waals surface area contributed by atoms with Crippen molar-refractivity contribution in [1.82, 2.24) is 10.3 Å². The van der Waals surface area contributed by atoms with Crippen LogP contribution in [0.15, 0.2) is 53.9 Å². The number of fused-ring (bicyclic) bond motifs is 1. The van der Waals surface area contributed by atoms with Crippen molar-refractivity contribution in [3.63, 3.8) is 0 Å². The molecule has 2 aromatic carbocycles. The average Bonchev–Trinajstić information content (AvgIpc) is 3.21. The number of carbonyl (C=O) groups excluding carboxylic acids is 2. The number of amides is 2. The number of nitrogens with zero attached hydrogens (tertiary/aromatic N) is 2. The number of para-hydroxylation sites is 2. The van der Waals surface area contributed by atoms with Crippen LogP contribution in [-0.2, 0) is 22.6 Å². The van der Waals surface area contributed by atoms with Crippen LogP contribution in [0.4, 0.5) is 11.4 Å². The molecule has 8 heteroatoms. The third-order valence-electron chi connectivity index (χ3n) is 5.00. The molecule has 7 nitrogen and oxygen atoms in total. The minimum atomic E-state index is -0.585. The fourth-order valence-electron chi connectivity index (χ4n) is 3.43. The number of likely N-dealkylation sites (N-methyl/N-ethyl adjacent to an activating group) is 1. The van der Waals surface area contributed by atoms with E-state index in [1.54, 1.807) is 7.05 Å². The number of hydrogen-bond acceptors (Lipinski definition) is 6. The van der Waals surface area contributed by atoms with Crippen molar-refractivity contribution in [2.75, 3.05) is 23.8 Å². The summed E-state index contributed by atoms with van der Waals surface area (Å²) in [5.41, 5.74) is 3.70. The van der Waals surface area contributed by atoms with E-state index in [9.17, 15) is 9.59 Å². The Bertz CT molecular complexity index is 1080. The molecule has 160 valence electrons. The summed E-state index contributed by atoms with van der Waals surface area (Å²) in [6.45, 7) is 2.97. The number of anilines is 2. The molecule has 1 atom stereocenters. The lowest BCUT2D eigenvalue weighted by atomic mass is 10.1. The Balaban J connectivity index is 1.42. The Morgan fingerprint density at radius 2 is 1.97 bits per heavy atom. The number of thiazole rings is 1. The summed E-state index contributed by atoms with van der Waals surface area (Å²) in [6, 6.07) is 15.4. The normalized spacial score (nSPS) is 15.0. The monoisotopic (exact) mass is 436 g/mol. The van der Waals surface area contributed by atoms with Crippen molar-refractivity contribution >= 4 is 34.5 Å². The standard InChI is InChI=1S/C23H24N4O3S/c1-15-7-9-16(10-8-15)25-21(28)11-22-26-17(14-31-22)12-27-13-20(23(29)24-2)30-19-6-4-3-5-18(19)27/h3-10,14,20H,11-13H2,1-2H3,(H,24,29)(H,25,28)/t20-/m0/s1. The van der Waals surface area contributed by atoms with E-state index in [0.717, 1.165) is 27.6 Å². The number of nitrogens with one attached hydrogen (secondary N) is 2. The molecule has 4 rings (SSSR count). The van der Waals surface area contributed by atoms with Crippen LogP contribution >= 0.6 is 11.3 Å². The smallest absolute Gasteiger partial charge is 0.262 e. The van der Waals surface area contributed by atoms with Gasteiger partial charge in [0.15, 0.2) is 6.10 Å². The van der Waals surface area contributed by atoms with E-state index in [1.165, 1.54) is 11.3 Å². The van der Waals surface area contributed by atoms with Crippen LogP contribution in [0, 0.1) is 6.92 Å². The summed E-state index contributed by atoms with van der Waals surface area (Å²) in [6.07, 6.45) is -0.364. The second-order valence-corrected chi connectivity index (χ2v) is 8.34. The molecule has 31 heavy (non-hydrogen) atoms. The van der Waals surface area contributed by atoms with Gasteiger partial charge >= 0.3 is 0 Å². The van der Waals surface area contributed by atoms with E-state index in [2.05, 4.69) is 20.5 Å². The van der Waals surface area contributed by atoms with Crippen molar-refractivity contribution in [1.29, 1.82) is 0 Å². The van der Waals surface area contributed by atoms with Crippen LogP contribution in [0.5, 0.6) is 5.75 Å². The second kappa shape index (κ2) is 9.18. The molecule has 0 saturated heterocycles. The Morgan fingerprint density at radius 3 is 2.74 bits per heavy atom. The lowest BCUT2D eigenvalue weighted by molar-refractivity contribution is -0.127. The highest BCUT2D eigenvalue weighted by molar-refractivity contribution is 7.09. The zero-order chi connectivity index (χ0) is 21.8. The lowest BCUT2D eigenvalue weighted by Crippen LogP contribution is -2.48. The van der Waals surface area contributed by atoms with Gasteiger partial charge in [0.05, 0.1) is 30.9 Å². The first-order valence-corrected chi connectivity index (χ1v) is 10.9. The Labute approximate surface area is 185 Å². The van der Waals surface area contributed by atoms with Gasteiger partial charge in [0.2, 0.25) is 5.91 Å². The van der Waals surface area contributed by atoms with Gasteiger partial charge in [-0.3, -0.25) is 9.59 Å². The van der Waals surface area contributed by atoms with Crippen LogP contribution in [0.3, 0.4) is 0 Å². The average molecular weight is 437 g/mol. The van der Waals surface area contributed by atoms with Crippen molar-refractivity contribution < 1.29 is 14.3 Å². The predicted molar refractivity (Wildman–Crippen MR) is 122 cm³/mol. The van der Waals surface area contributed by atoms with Crippen LogP contribution in [-0.4, -0.2) is 36.5 Å². The summed E-state index contributed by atoms with van der Waals surface area (Å²) in [5.74, 6) is 0.419. The van der Waals surface area contributed by atoms with Crippen molar-refractivity contribution in [3.8, 4) is 5.75 Å². The Kier molecular flexibility index (Phi) is 6.18. The predicted octanol–water partition coefficient (Wildman–Crippen LogP) is 3.15. The van der Waals surface area contributed by atoms with Crippen LogP contribution in [0.2, 0.25) is 0 Å². The third kappa shape index (κ3) is 5.03. The van der Waals surface area contributed by atoms with Gasteiger partial charge in [-0.25, -0.2) is 4.98 Å². The molecular weight excluding hydrogens is 412 g/mol. The fourth-order valence-corrected chi connectivity index (χ4v) is 4.22. The summed E-state index contributed by atoms with van der Waals surface area (Å²) in [5, 5.41) is 8.27. The molecule has 1 aliphatic heterocycles. The van der Waals surface area contributed by atoms with Crippen molar-refractivity contribution in [2.24, 2.45) is 0 Å². The maximum atomic E-state index is 12.4. The summed E-state index contributed by atoms with van der Waals surface area (Å²) in [4.78, 5) is 31.2. The summed E-state index contributed by atoms with van der Waals surface area (Å²) in [7, 11) is 1.60. The molecule has 0 fully saturated rings. The molecule has 1 aromatic heterocycles. The van der Waals surface area contributed by atoms with Gasteiger partial charge < -0.3 is 20.3 Å². The van der Waals surface area contributed by atoms with E-state index in [0.29, 0.717) is 18.8 Å². The molecule has 0 aliphatic carbocycles. The first-order chi connectivity index (χ1) is 15.0. The number of hydrogen-bond donors (Lipinski definition) is 2. The van der Waals surface area contributed by atoms with E-state index in [1.807, 2.05) is 60.8 Å². The maximum absolute atomic E-state index is 12.4. The first kappa shape index (κ1) is 20.9. The van der Waals surface area contributed by atoms with Gasteiger partial charge in [-0.15, -0.1) is 11.3 Å². The molecular formula is C23H24N4O3S. The molecule has 3 aromatic rings. The number of benzene rings is 2. The van der Waals surface area contributed by atoms with Crippen LogP contribution < -0.4 is 20.3 Å². The largest absolute Gasteiger partial charge is 0.477 e. The highest BCUT2D eigenvalue weighted by Gasteiger charge is 2.30. The van der Waals surface area contributed by atoms with Crippen molar-refractivity contribution in [3.05, 3.63) is 70.2 Å². The number of aromatic nitrogens is 1. The zero-order valence-electron chi connectivity index (χ0n) is 17.4. The molecule has 0 unspecified atom stereocenters. The topological polar surface area (TPSA) is 83.6 Å². The number of rotatable bonds is 6. The molecule has 0 bridgehead atoms. The molecule has 0 radical (unpaired) electrons. The quantitative estimate of drug-likeness (QED) is 0.620. The zero-order valence-corrected chi connectivity index (χ0v) is 18.2. The van der Waals surface area contributed by atoms with Crippen LogP contribution in [0.25, 0.3) is 0 Å². The van der Waals surface area contributed by atoms with Gasteiger partial charge in [0, 0.05) is 18.1 Å². The van der Waals surface area contributed by atoms with Gasteiger partial charge in [0.1, 0.15) is 10.8 Å². The Hall–Kier alpha value is -3.39. The molecule has 0 spiro atoms. The number of aryl methyl sites for hydroxylation is 1. The van der Waals surface area contributed by atoms with Gasteiger partial charge in [0.25, 0.3) is 5.91 Å². The number of ether oxygens (including phenoxy) is 1. The van der Waals surface area contributed by atoms with Crippen LogP contribution in [0.1, 0.15) is 16.3 Å². The second-order valence-electron chi connectivity index (χ2n) is 7.39. The van der Waals surface area contributed by atoms with Gasteiger partial charge in [-0.2, -0.15) is 0 Å². The van der Waals surface area contributed by atoms with Gasteiger partial charge in [-0.05, 0) is 31.2 Å². The molecule has 2 heterocycles. The Morgan fingerprint density at radius 1 is 1.19 bits per heavy atom. The molecule has 0 saturated carbocycles. The maximum Gasteiger partial charge on any atom is 0.262 e. The van der Waals surface area contributed by atoms with E-state index in [4.69, 9.17) is 4.74 Å². The van der Waals surface area contributed by atoms with E-state index >= 15 is 0 Å². The van der Waals surface area contributed by atoms with E-state index in [-0.39, 0.29) is 18.2 Å². The summed E-state index contributed by atoms with van der Waals surface area (Å²) < 4.78 is 5.85. The summed E-state index contributed by atoms with van der Waals surface area (Å²) >= 11 is 1.46. The highest BCUT2D eigenvalue weighted by Crippen LogP contribution is 2.34. The minimum absolute atomic E-state index is 0.0962. The molecule has 1 aliphatic rings. The first-order valence-electron chi connectivity index (χ1n) is 10.0. The third-order valence-corrected chi connectivity index (χ3v) is 5.90. The SMILES string of the molecule is CNC(=O)[C@@H]1CN(Cc2csc(CC(=O)Nc3ccc(C)cc3)n2)c2ccccc2O1. The number of carbonyl (C=O) groups is 2. The fraction of sp³-hybridized carbons (Fsp3) is 0.261.